The third-order valence-corrected chi connectivity index (χ3v) is 6.37. The molecule has 0 spiro atoms. The van der Waals surface area contributed by atoms with Gasteiger partial charge >= 0.3 is 0 Å². The molecular weight excluding hydrogens is 352 g/mol. The first-order valence-electron chi connectivity index (χ1n) is 10.7. The Bertz CT molecular complexity index is 872. The molecule has 28 heavy (non-hydrogen) atoms. The number of anilines is 1. The van der Waals surface area contributed by atoms with Gasteiger partial charge in [-0.3, -0.25) is 19.4 Å². The van der Waals surface area contributed by atoms with Crippen molar-refractivity contribution in [2.45, 2.75) is 65.5 Å². The van der Waals surface area contributed by atoms with Gasteiger partial charge in [-0.2, -0.15) is 5.10 Å². The van der Waals surface area contributed by atoms with E-state index >= 15 is 0 Å². The molecule has 2 aromatic heterocycles. The van der Waals surface area contributed by atoms with Crippen molar-refractivity contribution in [1.29, 1.82) is 0 Å². The molecule has 0 aromatic carbocycles. The Morgan fingerprint density at radius 1 is 1.14 bits per heavy atom. The van der Waals surface area contributed by atoms with Gasteiger partial charge in [-0.15, -0.1) is 0 Å². The number of rotatable bonds is 5. The van der Waals surface area contributed by atoms with Crippen LogP contribution in [-0.4, -0.2) is 50.8 Å². The van der Waals surface area contributed by atoms with E-state index in [0.717, 1.165) is 69.4 Å². The summed E-state index contributed by atoms with van der Waals surface area (Å²) in [6.07, 6.45) is 4.46. The molecular formula is C21H32N6O. The SMILES string of the molecule is CCn1nc(C)c(CN2CCC(c3cc(=O)[nH]c(N4CCCC4)n3)CC2)c1C. The lowest BCUT2D eigenvalue weighted by Crippen LogP contribution is -2.33. The molecule has 7 nitrogen and oxygen atoms in total. The number of nitrogens with zero attached hydrogens (tertiary/aromatic N) is 5. The molecule has 2 saturated heterocycles. The van der Waals surface area contributed by atoms with Crippen molar-refractivity contribution >= 4 is 5.95 Å². The van der Waals surface area contributed by atoms with Gasteiger partial charge in [0.15, 0.2) is 0 Å². The molecule has 2 aliphatic heterocycles. The van der Waals surface area contributed by atoms with Gasteiger partial charge in [0.25, 0.3) is 5.56 Å². The van der Waals surface area contributed by atoms with Crippen molar-refractivity contribution in [2.75, 3.05) is 31.1 Å². The minimum absolute atomic E-state index is 0.0208. The van der Waals surface area contributed by atoms with Crippen LogP contribution in [0.3, 0.4) is 0 Å². The third-order valence-electron chi connectivity index (χ3n) is 6.37. The quantitative estimate of drug-likeness (QED) is 0.858. The van der Waals surface area contributed by atoms with Crippen LogP contribution in [-0.2, 0) is 13.1 Å². The van der Waals surface area contributed by atoms with Crippen molar-refractivity contribution in [3.63, 3.8) is 0 Å². The summed E-state index contributed by atoms with van der Waals surface area (Å²) in [6, 6.07) is 1.71. The highest BCUT2D eigenvalue weighted by molar-refractivity contribution is 5.32. The van der Waals surface area contributed by atoms with Gasteiger partial charge in [0.05, 0.1) is 11.4 Å². The van der Waals surface area contributed by atoms with Crippen LogP contribution in [0.2, 0.25) is 0 Å². The second-order valence-corrected chi connectivity index (χ2v) is 8.20. The van der Waals surface area contributed by atoms with Gasteiger partial charge in [-0.25, -0.2) is 4.98 Å². The standard InChI is InChI=1S/C21H32N6O/c1-4-27-16(3)18(15(2)24-27)14-25-11-7-17(8-12-25)19-13-20(28)23-21(22-19)26-9-5-6-10-26/h13,17H,4-12,14H2,1-3H3,(H,22,23,28). The van der Waals surface area contributed by atoms with E-state index in [1.807, 2.05) is 0 Å². The van der Waals surface area contributed by atoms with E-state index in [2.05, 4.69) is 45.3 Å². The van der Waals surface area contributed by atoms with Crippen LogP contribution < -0.4 is 10.5 Å². The van der Waals surface area contributed by atoms with E-state index in [4.69, 9.17) is 4.98 Å². The smallest absolute Gasteiger partial charge is 0.252 e. The average Bonchev–Trinajstić information content (AvgIpc) is 3.32. The van der Waals surface area contributed by atoms with Crippen LogP contribution in [0, 0.1) is 13.8 Å². The molecule has 4 heterocycles. The Balaban J connectivity index is 1.42. The van der Waals surface area contributed by atoms with E-state index in [1.165, 1.54) is 24.1 Å². The number of aromatic amines is 1. The predicted molar refractivity (Wildman–Crippen MR) is 111 cm³/mol. The molecule has 0 amide bonds. The Hall–Kier alpha value is -2.15. The van der Waals surface area contributed by atoms with Gasteiger partial charge < -0.3 is 4.90 Å². The summed E-state index contributed by atoms with van der Waals surface area (Å²) >= 11 is 0. The van der Waals surface area contributed by atoms with Gasteiger partial charge in [0, 0.05) is 49.4 Å². The van der Waals surface area contributed by atoms with E-state index in [0.29, 0.717) is 5.92 Å². The Morgan fingerprint density at radius 2 is 1.86 bits per heavy atom. The molecule has 0 atom stereocenters. The number of hydrogen-bond donors (Lipinski definition) is 1. The lowest BCUT2D eigenvalue weighted by molar-refractivity contribution is 0.202. The topological polar surface area (TPSA) is 70.1 Å². The third kappa shape index (κ3) is 3.85. The number of nitrogens with one attached hydrogen (secondary N) is 1. The lowest BCUT2D eigenvalue weighted by Gasteiger charge is -2.32. The number of H-pyrrole nitrogens is 1. The van der Waals surface area contributed by atoms with Crippen LogP contribution in [0.25, 0.3) is 0 Å². The van der Waals surface area contributed by atoms with Crippen molar-refractivity contribution in [3.8, 4) is 0 Å². The maximum Gasteiger partial charge on any atom is 0.252 e. The fourth-order valence-electron chi connectivity index (χ4n) is 4.63. The Kier molecular flexibility index (Phi) is 5.53. The first-order valence-corrected chi connectivity index (χ1v) is 10.7. The number of likely N-dealkylation sites (tertiary alicyclic amines) is 1. The molecule has 7 heteroatoms. The zero-order valence-corrected chi connectivity index (χ0v) is 17.4. The molecule has 2 fully saturated rings. The highest BCUT2D eigenvalue weighted by Crippen LogP contribution is 2.28. The summed E-state index contributed by atoms with van der Waals surface area (Å²) in [6.45, 7) is 12.4. The van der Waals surface area contributed by atoms with Gasteiger partial charge in [-0.1, -0.05) is 0 Å². The summed E-state index contributed by atoms with van der Waals surface area (Å²) in [5.41, 5.74) is 4.75. The molecule has 0 bridgehead atoms. The van der Waals surface area contributed by atoms with Crippen LogP contribution >= 0.6 is 0 Å². The lowest BCUT2D eigenvalue weighted by atomic mass is 9.93. The summed E-state index contributed by atoms with van der Waals surface area (Å²) in [5.74, 6) is 1.14. The number of piperidine rings is 1. The second kappa shape index (κ2) is 8.07. The van der Waals surface area contributed by atoms with Crippen LogP contribution in [0.4, 0.5) is 5.95 Å². The van der Waals surface area contributed by atoms with Crippen LogP contribution in [0.15, 0.2) is 10.9 Å². The van der Waals surface area contributed by atoms with Crippen molar-refractivity contribution in [3.05, 3.63) is 39.1 Å². The molecule has 152 valence electrons. The van der Waals surface area contributed by atoms with Gasteiger partial charge in [0.1, 0.15) is 0 Å². The maximum absolute atomic E-state index is 12.2. The van der Waals surface area contributed by atoms with Gasteiger partial charge in [-0.05, 0) is 59.5 Å². The van der Waals surface area contributed by atoms with Crippen molar-refractivity contribution in [2.24, 2.45) is 0 Å². The highest BCUT2D eigenvalue weighted by atomic mass is 16.1. The fraction of sp³-hybridized carbons (Fsp3) is 0.667. The molecule has 0 aliphatic carbocycles. The normalized spacial score (nSPS) is 18.9. The molecule has 0 unspecified atom stereocenters. The van der Waals surface area contributed by atoms with Crippen molar-refractivity contribution in [1.82, 2.24) is 24.6 Å². The molecule has 0 saturated carbocycles. The van der Waals surface area contributed by atoms with Crippen molar-refractivity contribution < 1.29 is 0 Å². The van der Waals surface area contributed by atoms with E-state index < -0.39 is 0 Å². The maximum atomic E-state index is 12.2. The average molecular weight is 385 g/mol. The largest absolute Gasteiger partial charge is 0.342 e. The first-order chi connectivity index (χ1) is 13.5. The molecule has 1 N–H and O–H groups in total. The van der Waals surface area contributed by atoms with E-state index in [1.54, 1.807) is 6.07 Å². The minimum atomic E-state index is -0.0208. The van der Waals surface area contributed by atoms with E-state index in [9.17, 15) is 4.79 Å². The first kappa shape index (κ1) is 19.2. The highest BCUT2D eigenvalue weighted by Gasteiger charge is 2.25. The summed E-state index contributed by atoms with van der Waals surface area (Å²) in [7, 11) is 0. The molecule has 0 radical (unpaired) electrons. The minimum Gasteiger partial charge on any atom is -0.342 e. The molecule has 4 rings (SSSR count). The predicted octanol–water partition coefficient (Wildman–Crippen LogP) is 2.58. The summed E-state index contributed by atoms with van der Waals surface area (Å²) < 4.78 is 2.09. The number of hydrogen-bond acceptors (Lipinski definition) is 5. The Morgan fingerprint density at radius 3 is 2.50 bits per heavy atom. The van der Waals surface area contributed by atoms with E-state index in [-0.39, 0.29) is 5.56 Å². The molecule has 2 aromatic rings. The van der Waals surface area contributed by atoms with Gasteiger partial charge in [0.2, 0.25) is 5.95 Å². The fourth-order valence-corrected chi connectivity index (χ4v) is 4.63. The zero-order valence-electron chi connectivity index (χ0n) is 17.4. The summed E-state index contributed by atoms with van der Waals surface area (Å²) in [5, 5.41) is 4.65. The second-order valence-electron chi connectivity index (χ2n) is 8.20. The summed E-state index contributed by atoms with van der Waals surface area (Å²) in [4.78, 5) is 24.7. The number of aromatic nitrogens is 4. The van der Waals surface area contributed by atoms with Crippen LogP contribution in [0.1, 0.15) is 61.2 Å². The van der Waals surface area contributed by atoms with Crippen LogP contribution in [0.5, 0.6) is 0 Å². The zero-order chi connectivity index (χ0) is 19.7. The monoisotopic (exact) mass is 384 g/mol. The Labute approximate surface area is 166 Å². The number of aryl methyl sites for hydroxylation is 2. The molecule has 2 aliphatic rings.